The summed E-state index contributed by atoms with van der Waals surface area (Å²) in [5, 5.41) is 12.2. The predicted molar refractivity (Wildman–Crippen MR) is 94.6 cm³/mol. The number of methoxy groups -OCH3 is 1. The first-order valence-electron chi connectivity index (χ1n) is 7.74. The van der Waals surface area contributed by atoms with E-state index in [1.165, 1.54) is 12.0 Å². The molecule has 0 amide bonds. The van der Waals surface area contributed by atoms with Crippen LogP contribution in [0, 0.1) is 0 Å². The molecule has 5 nitrogen and oxygen atoms in total. The van der Waals surface area contributed by atoms with Crippen molar-refractivity contribution in [2.75, 3.05) is 27.3 Å². The van der Waals surface area contributed by atoms with E-state index < -0.39 is 12.1 Å². The fourth-order valence-electron chi connectivity index (χ4n) is 2.31. The van der Waals surface area contributed by atoms with E-state index in [-0.39, 0.29) is 12.6 Å². The molecule has 0 saturated carbocycles. The first-order chi connectivity index (χ1) is 11.5. The first kappa shape index (κ1) is 18.4. The number of carbonyl (C=O) groups is 1. The average Bonchev–Trinajstić information content (AvgIpc) is 3.13. The number of aliphatic hydroxyl groups is 1. The highest BCUT2D eigenvalue weighted by molar-refractivity contribution is 7.10. The molecule has 0 fully saturated rings. The molecule has 1 N–H and O–H groups in total. The van der Waals surface area contributed by atoms with Crippen molar-refractivity contribution in [1.29, 1.82) is 0 Å². The molecule has 0 radical (unpaired) electrons. The Labute approximate surface area is 146 Å². The van der Waals surface area contributed by atoms with Crippen molar-refractivity contribution < 1.29 is 19.4 Å². The summed E-state index contributed by atoms with van der Waals surface area (Å²) in [6, 6.07) is 11.1. The van der Waals surface area contributed by atoms with Gasteiger partial charge in [-0.15, -0.1) is 11.3 Å². The molecule has 1 heterocycles. The van der Waals surface area contributed by atoms with Crippen LogP contribution in [0.4, 0.5) is 0 Å². The molecule has 2 atom stereocenters. The summed E-state index contributed by atoms with van der Waals surface area (Å²) in [5.41, 5.74) is 0.424. The zero-order valence-electron chi connectivity index (χ0n) is 14.1. The van der Waals surface area contributed by atoms with Crippen LogP contribution in [0.1, 0.15) is 28.2 Å². The van der Waals surface area contributed by atoms with E-state index in [0.717, 1.165) is 0 Å². The molecule has 0 bridgehead atoms. The van der Waals surface area contributed by atoms with Crippen LogP contribution in [-0.2, 0) is 4.74 Å². The van der Waals surface area contributed by atoms with Gasteiger partial charge in [0.25, 0.3) is 0 Å². The number of hydrogen-bond donors (Lipinski definition) is 1. The number of carbonyl (C=O) groups excluding carboxylic acids is 1. The van der Waals surface area contributed by atoms with Crippen LogP contribution in [0.5, 0.6) is 5.75 Å². The van der Waals surface area contributed by atoms with Crippen LogP contribution >= 0.6 is 11.3 Å². The molecule has 0 unspecified atom stereocenters. The summed E-state index contributed by atoms with van der Waals surface area (Å²) in [6.45, 7) is 2.77. The van der Waals surface area contributed by atoms with E-state index in [9.17, 15) is 9.90 Å². The van der Waals surface area contributed by atoms with Gasteiger partial charge in [0, 0.05) is 17.5 Å². The van der Waals surface area contributed by atoms with Gasteiger partial charge in [0.15, 0.2) is 0 Å². The van der Waals surface area contributed by atoms with Crippen LogP contribution in [0.2, 0.25) is 0 Å². The number of aliphatic hydroxyl groups excluding tert-OH is 1. The molecule has 0 aliphatic heterocycles. The maximum Gasteiger partial charge on any atom is 0.337 e. The van der Waals surface area contributed by atoms with Crippen molar-refractivity contribution in [2.24, 2.45) is 0 Å². The fourth-order valence-corrected chi connectivity index (χ4v) is 3.16. The van der Waals surface area contributed by atoms with Crippen molar-refractivity contribution in [3.63, 3.8) is 0 Å². The summed E-state index contributed by atoms with van der Waals surface area (Å²) in [6.07, 6.45) is -0.626. The van der Waals surface area contributed by atoms with Crippen LogP contribution < -0.4 is 4.74 Å². The Balaban J connectivity index is 1.84. The van der Waals surface area contributed by atoms with E-state index >= 15 is 0 Å². The molecule has 2 aromatic rings. The Morgan fingerprint density at radius 3 is 2.79 bits per heavy atom. The molecule has 0 saturated heterocycles. The fraction of sp³-hybridized carbons (Fsp3) is 0.389. The Morgan fingerprint density at radius 1 is 1.33 bits per heavy atom. The molecule has 0 spiro atoms. The Hall–Kier alpha value is -1.89. The van der Waals surface area contributed by atoms with E-state index in [0.29, 0.717) is 17.9 Å². The number of thiophene rings is 1. The number of esters is 1. The molecular weight excluding hydrogens is 326 g/mol. The van der Waals surface area contributed by atoms with Gasteiger partial charge >= 0.3 is 5.97 Å². The molecule has 1 aromatic heterocycles. The summed E-state index contributed by atoms with van der Waals surface area (Å²) in [5.74, 6) is 0.122. The van der Waals surface area contributed by atoms with E-state index in [1.54, 1.807) is 35.6 Å². The van der Waals surface area contributed by atoms with E-state index in [1.807, 2.05) is 18.5 Å². The molecule has 24 heavy (non-hydrogen) atoms. The third kappa shape index (κ3) is 5.06. The lowest BCUT2D eigenvalue weighted by molar-refractivity contribution is 0.0597. The number of hydrogen-bond acceptors (Lipinski definition) is 6. The molecule has 0 aliphatic rings. The van der Waals surface area contributed by atoms with Gasteiger partial charge in [-0.3, -0.25) is 4.90 Å². The second-order valence-corrected chi connectivity index (χ2v) is 6.59. The topological polar surface area (TPSA) is 59.0 Å². The number of likely N-dealkylation sites (N-methyl/N-ethyl adjacent to an activating group) is 1. The summed E-state index contributed by atoms with van der Waals surface area (Å²) in [7, 11) is 3.32. The lowest BCUT2D eigenvalue weighted by Gasteiger charge is -2.26. The molecule has 2 rings (SSSR count). The Morgan fingerprint density at radius 2 is 2.12 bits per heavy atom. The number of nitrogens with zero attached hydrogens (tertiary/aromatic N) is 1. The standard InChI is InChI=1S/C18H23NO4S/c1-13(17-8-5-9-24-17)19(2)11-15(20)12-23-16-7-4-6-14(10-16)18(21)22-3/h4-10,13,15,20H,11-12H2,1-3H3/t13-,15+/m1/s1. The number of rotatable bonds is 8. The molecule has 0 aliphatic carbocycles. The highest BCUT2D eigenvalue weighted by Crippen LogP contribution is 2.23. The Kier molecular flexibility index (Phi) is 6.78. The van der Waals surface area contributed by atoms with E-state index in [4.69, 9.17) is 4.74 Å². The van der Waals surface area contributed by atoms with Crippen LogP contribution in [0.15, 0.2) is 41.8 Å². The minimum atomic E-state index is -0.626. The quantitative estimate of drug-likeness (QED) is 0.743. The highest BCUT2D eigenvalue weighted by Gasteiger charge is 2.17. The molecule has 130 valence electrons. The van der Waals surface area contributed by atoms with Gasteiger partial charge < -0.3 is 14.6 Å². The van der Waals surface area contributed by atoms with Crippen LogP contribution in [0.25, 0.3) is 0 Å². The van der Waals surface area contributed by atoms with Crippen molar-refractivity contribution in [2.45, 2.75) is 19.1 Å². The zero-order valence-corrected chi connectivity index (χ0v) is 15.0. The van der Waals surface area contributed by atoms with Gasteiger partial charge in [-0.25, -0.2) is 4.79 Å². The monoisotopic (exact) mass is 349 g/mol. The van der Waals surface area contributed by atoms with E-state index in [2.05, 4.69) is 22.6 Å². The second-order valence-electron chi connectivity index (χ2n) is 5.62. The van der Waals surface area contributed by atoms with Crippen molar-refractivity contribution in [3.05, 3.63) is 52.2 Å². The molecule has 6 heteroatoms. The lowest BCUT2D eigenvalue weighted by atomic mass is 10.2. The SMILES string of the molecule is COC(=O)c1cccc(OC[C@@H](O)CN(C)[C@H](C)c2cccs2)c1. The van der Waals surface area contributed by atoms with Crippen LogP contribution in [0.3, 0.4) is 0 Å². The normalized spacial score (nSPS) is 13.5. The smallest absolute Gasteiger partial charge is 0.337 e. The largest absolute Gasteiger partial charge is 0.491 e. The minimum absolute atomic E-state index is 0.159. The maximum absolute atomic E-state index is 11.5. The van der Waals surface area contributed by atoms with Crippen molar-refractivity contribution in [1.82, 2.24) is 4.90 Å². The Bertz CT molecular complexity index is 644. The van der Waals surface area contributed by atoms with Gasteiger partial charge in [0.1, 0.15) is 18.5 Å². The summed E-state index contributed by atoms with van der Waals surface area (Å²) < 4.78 is 10.3. The maximum atomic E-state index is 11.5. The van der Waals surface area contributed by atoms with Gasteiger partial charge in [0.05, 0.1) is 12.7 Å². The van der Waals surface area contributed by atoms with Gasteiger partial charge in [-0.2, -0.15) is 0 Å². The third-order valence-electron chi connectivity index (χ3n) is 3.81. The third-order valence-corrected chi connectivity index (χ3v) is 4.85. The average molecular weight is 349 g/mol. The van der Waals surface area contributed by atoms with Gasteiger partial charge in [-0.1, -0.05) is 12.1 Å². The molecular formula is C18H23NO4S. The van der Waals surface area contributed by atoms with Gasteiger partial charge in [-0.05, 0) is 43.6 Å². The van der Waals surface area contributed by atoms with Crippen LogP contribution in [-0.4, -0.2) is 49.4 Å². The van der Waals surface area contributed by atoms with Crippen molar-refractivity contribution in [3.8, 4) is 5.75 Å². The highest BCUT2D eigenvalue weighted by atomic mass is 32.1. The van der Waals surface area contributed by atoms with Gasteiger partial charge in [0.2, 0.25) is 0 Å². The molecule has 1 aromatic carbocycles. The number of ether oxygens (including phenoxy) is 2. The zero-order chi connectivity index (χ0) is 17.5. The first-order valence-corrected chi connectivity index (χ1v) is 8.62. The predicted octanol–water partition coefficient (Wildman–Crippen LogP) is 2.97. The lowest BCUT2D eigenvalue weighted by Crippen LogP contribution is -2.34. The minimum Gasteiger partial charge on any atom is -0.491 e. The second kappa shape index (κ2) is 8.82. The summed E-state index contributed by atoms with van der Waals surface area (Å²) >= 11 is 1.70. The van der Waals surface area contributed by atoms with Crippen molar-refractivity contribution >= 4 is 17.3 Å². The summed E-state index contributed by atoms with van der Waals surface area (Å²) in [4.78, 5) is 14.9. The number of benzene rings is 1.